The molecule has 4 aromatic rings. The van der Waals surface area contributed by atoms with Gasteiger partial charge in [0.2, 0.25) is 41.4 Å². The van der Waals surface area contributed by atoms with Gasteiger partial charge in [0.05, 0.1) is 30.9 Å². The van der Waals surface area contributed by atoms with Gasteiger partial charge in [-0.2, -0.15) is 0 Å². The summed E-state index contributed by atoms with van der Waals surface area (Å²) in [5.41, 5.74) is 9.05. The van der Waals surface area contributed by atoms with E-state index in [1.165, 1.54) is 27.7 Å². The topological polar surface area (TPSA) is 382 Å². The number of rotatable bonds is 21. The number of carbonyl (C=O) groups excluding carboxylic acids is 9. The number of para-hydroxylation sites is 1. The zero-order chi connectivity index (χ0) is 59.2. The molecule has 24 nitrogen and oxygen atoms in total. The van der Waals surface area contributed by atoms with E-state index < -0.39 is 133 Å². The van der Waals surface area contributed by atoms with Crippen LogP contribution in [0.2, 0.25) is 0 Å². The molecule has 1 aromatic heterocycles. The lowest BCUT2D eigenvalue weighted by Gasteiger charge is -2.29. The monoisotopic (exact) mass is 1160 g/mol. The minimum Gasteiger partial charge on any atom is -0.451 e. The Balaban J connectivity index is 1.55. The molecule has 81 heavy (non-hydrogen) atoms. The molecule has 1 aliphatic rings. The zero-order valence-electron chi connectivity index (χ0n) is 45.4. The third-order valence-corrected chi connectivity index (χ3v) is 15.5. The van der Waals surface area contributed by atoms with Crippen LogP contribution in [0.4, 0.5) is 0 Å². The Labute approximate surface area is 476 Å². The highest BCUT2D eigenvalue weighted by molar-refractivity contribution is 8.76. The van der Waals surface area contributed by atoms with Crippen molar-refractivity contribution in [2.75, 3.05) is 24.7 Å². The van der Waals surface area contributed by atoms with Gasteiger partial charge in [0.25, 0.3) is 5.91 Å². The number of unbranched alkanes of at least 4 members (excludes halogenated alkanes) is 1. The zero-order valence-corrected chi connectivity index (χ0v) is 47.1. The molecular weight excluding hydrogens is 1090 g/mol. The third kappa shape index (κ3) is 20.5. The summed E-state index contributed by atoms with van der Waals surface area (Å²) >= 11 is 0. The van der Waals surface area contributed by atoms with E-state index in [0.717, 1.165) is 27.2 Å². The van der Waals surface area contributed by atoms with Gasteiger partial charge in [0.15, 0.2) is 6.10 Å². The van der Waals surface area contributed by atoms with Crippen molar-refractivity contribution in [1.29, 1.82) is 0 Å². The van der Waals surface area contributed by atoms with Gasteiger partial charge in [-0.1, -0.05) is 100 Å². The second kappa shape index (κ2) is 32.4. The van der Waals surface area contributed by atoms with E-state index in [1.807, 2.05) is 12.1 Å². The molecule has 12 atom stereocenters. The number of H-pyrrole nitrogens is 1. The minimum absolute atomic E-state index is 0.00113. The lowest BCUT2D eigenvalue weighted by molar-refractivity contribution is -0.162. The van der Waals surface area contributed by atoms with Crippen molar-refractivity contribution in [3.05, 3.63) is 108 Å². The summed E-state index contributed by atoms with van der Waals surface area (Å²) < 4.78 is 4.96. The van der Waals surface area contributed by atoms with E-state index in [-0.39, 0.29) is 56.6 Å². The first-order valence-electron chi connectivity index (χ1n) is 26.5. The molecule has 0 saturated carbocycles. The summed E-state index contributed by atoms with van der Waals surface area (Å²) in [6.45, 7) is 4.34. The van der Waals surface area contributed by atoms with Crippen LogP contribution in [0.1, 0.15) is 63.6 Å². The fourth-order valence-corrected chi connectivity index (χ4v) is 10.7. The van der Waals surface area contributed by atoms with Crippen molar-refractivity contribution in [2.24, 2.45) is 5.73 Å². The molecule has 0 bridgehead atoms. The number of hydrogen-bond acceptors (Lipinski definition) is 17. The summed E-state index contributed by atoms with van der Waals surface area (Å²) in [7, 11) is 1.98. The number of ether oxygens (including phenoxy) is 1. The molecule has 8 amide bonds. The van der Waals surface area contributed by atoms with Gasteiger partial charge < -0.3 is 78.4 Å². The first-order chi connectivity index (χ1) is 38.6. The van der Waals surface area contributed by atoms with Crippen molar-refractivity contribution >= 4 is 85.7 Å². The van der Waals surface area contributed by atoms with Crippen LogP contribution in [0.3, 0.4) is 0 Å². The van der Waals surface area contributed by atoms with Crippen molar-refractivity contribution < 1.29 is 68.3 Å². The molecule has 3 aromatic carbocycles. The number of nitrogens with one attached hydrogen (secondary N) is 9. The fraction of sp³-hybridized carbons (Fsp3) is 0.473. The van der Waals surface area contributed by atoms with Crippen molar-refractivity contribution in [2.45, 2.75) is 139 Å². The number of aliphatic hydroxyl groups excluding tert-OH is 4. The molecule has 15 N–H and O–H groups in total. The molecule has 0 aliphatic carbocycles. The predicted molar refractivity (Wildman–Crippen MR) is 303 cm³/mol. The molecule has 26 heteroatoms. The number of esters is 1. The molecule has 5 rings (SSSR count). The molecule has 0 spiro atoms. The van der Waals surface area contributed by atoms with Crippen molar-refractivity contribution in [1.82, 2.24) is 47.5 Å². The normalized spacial score (nSPS) is 22.1. The maximum atomic E-state index is 14.9. The Hall–Kier alpha value is -7.07. The number of fused-ring (bicyclic) bond motifs is 1. The molecular formula is C55H74N10O14S2. The maximum absolute atomic E-state index is 14.9. The van der Waals surface area contributed by atoms with Crippen LogP contribution >= 0.6 is 21.6 Å². The number of nitrogens with two attached hydrogens (primary N) is 1. The summed E-state index contributed by atoms with van der Waals surface area (Å²) in [5.74, 6) is -8.26. The second-order valence-corrected chi connectivity index (χ2v) is 22.3. The van der Waals surface area contributed by atoms with Gasteiger partial charge >= 0.3 is 5.97 Å². The number of aromatic amines is 1. The average Bonchev–Trinajstić information content (AvgIpc) is 3.98. The number of carbonyl (C=O) groups is 9. The van der Waals surface area contributed by atoms with Crippen LogP contribution in [-0.4, -0.2) is 176 Å². The number of benzene rings is 3. The van der Waals surface area contributed by atoms with Crippen LogP contribution in [-0.2, 0) is 67.2 Å². The Morgan fingerprint density at radius 1 is 0.691 bits per heavy atom. The number of amides is 8. The molecule has 1 aliphatic heterocycles. The van der Waals surface area contributed by atoms with Crippen LogP contribution in [0.25, 0.3) is 10.9 Å². The lowest BCUT2D eigenvalue weighted by Crippen LogP contribution is -2.62. The van der Waals surface area contributed by atoms with E-state index in [1.54, 1.807) is 79.0 Å². The quantitative estimate of drug-likeness (QED) is 0.0261. The molecule has 1 saturated heterocycles. The van der Waals surface area contributed by atoms with E-state index in [9.17, 15) is 63.6 Å². The van der Waals surface area contributed by atoms with E-state index in [2.05, 4.69) is 47.5 Å². The number of aliphatic hydroxyl groups is 4. The van der Waals surface area contributed by atoms with E-state index in [4.69, 9.17) is 10.5 Å². The number of aromatic nitrogens is 1. The molecule has 0 unspecified atom stereocenters. The van der Waals surface area contributed by atoms with Gasteiger partial charge in [0, 0.05) is 48.0 Å². The summed E-state index contributed by atoms with van der Waals surface area (Å²) in [6, 6.07) is 13.6. The highest BCUT2D eigenvalue weighted by Gasteiger charge is 2.37. The highest BCUT2D eigenvalue weighted by Crippen LogP contribution is 2.24. The van der Waals surface area contributed by atoms with Gasteiger partial charge in [-0.3, -0.25) is 38.4 Å². The second-order valence-electron chi connectivity index (χ2n) is 19.7. The Morgan fingerprint density at radius 2 is 1.28 bits per heavy atom. The van der Waals surface area contributed by atoms with Gasteiger partial charge in [-0.15, -0.1) is 0 Å². The first kappa shape index (κ1) is 64.7. The summed E-state index contributed by atoms with van der Waals surface area (Å²) in [4.78, 5) is 129. The van der Waals surface area contributed by atoms with Gasteiger partial charge in [0.1, 0.15) is 42.4 Å². The average molecular weight is 1160 g/mol. The van der Waals surface area contributed by atoms with Crippen LogP contribution < -0.4 is 48.3 Å². The van der Waals surface area contributed by atoms with Crippen LogP contribution in [0.15, 0.2) is 91.1 Å². The van der Waals surface area contributed by atoms with Crippen LogP contribution in [0.5, 0.6) is 0 Å². The standard InChI is InChI=1S/C55H74N10O14S2/c1-30(67)43(27-66)62-53(76)45-29-81-80-28-44(63-48(71)38(56)23-34-15-7-5-8-16-34)52(75)60-41(24-35-17-9-6-10-18-35)50(73)61-42(25-36-26-58-39-20-12-11-19-37(36)39)51(74)59-40(49(72)65-46(31(2)68)54(77)64-45)21-13-14-22-57-47(70)33(4)79-55(78)32(3)69/h5-12,15-20,26,30-33,38,40-46,58,66-69H,13-14,21-25,27-29,56H2,1-4H3,(H,57,70)(H,59,74)(H,60,75)(H,61,73)(H,62,76)(H,63,71)(H,64,77)(H,65,72)/t30-,31-,32-,33-,38-,40+,41+,42-,43-,44+,45+,46+/m1/s1. The lowest BCUT2D eigenvalue weighted by atomic mass is 10.0. The summed E-state index contributed by atoms with van der Waals surface area (Å²) in [5, 5.41) is 62.7. The highest BCUT2D eigenvalue weighted by atomic mass is 33.1. The number of hydrogen-bond donors (Lipinski definition) is 14. The largest absolute Gasteiger partial charge is 0.451 e. The third-order valence-electron chi connectivity index (χ3n) is 13.1. The van der Waals surface area contributed by atoms with Crippen LogP contribution in [0, 0.1) is 0 Å². The maximum Gasteiger partial charge on any atom is 0.335 e. The van der Waals surface area contributed by atoms with Gasteiger partial charge in [-0.25, -0.2) is 4.79 Å². The fourth-order valence-electron chi connectivity index (χ4n) is 8.39. The summed E-state index contributed by atoms with van der Waals surface area (Å²) in [6.07, 6.45) is -3.92. The molecule has 440 valence electrons. The predicted octanol–water partition coefficient (Wildman–Crippen LogP) is -1.34. The van der Waals surface area contributed by atoms with Crippen molar-refractivity contribution in [3.8, 4) is 0 Å². The van der Waals surface area contributed by atoms with E-state index in [0.29, 0.717) is 22.0 Å². The molecule has 0 radical (unpaired) electrons. The van der Waals surface area contributed by atoms with Gasteiger partial charge in [-0.05, 0) is 76.1 Å². The first-order valence-corrected chi connectivity index (χ1v) is 29.0. The molecule has 2 heterocycles. The van der Waals surface area contributed by atoms with E-state index >= 15 is 0 Å². The minimum atomic E-state index is -1.77. The molecule has 1 fully saturated rings. The smallest absolute Gasteiger partial charge is 0.335 e. The Bertz CT molecular complexity index is 2750. The van der Waals surface area contributed by atoms with Crippen molar-refractivity contribution in [3.63, 3.8) is 0 Å². The Morgan fingerprint density at radius 3 is 1.93 bits per heavy atom. The SMILES string of the molecule is C[C@@H](O)C(=O)O[C@H](C)C(=O)NCCCC[C@@H]1NC(=O)[C@@H](Cc2c[nH]c3ccccc23)NC(=O)[C@H](Cc2ccccc2)NC(=O)[C@@H](NC(=O)[C@H](N)Cc2ccccc2)CSSC[C@@H](C(=O)N[C@H](CO)[C@@H](C)O)NC(=O)[C@H]([C@@H](C)O)NC1=O. The Kier molecular flexibility index (Phi) is 25.9.